The Morgan fingerprint density at radius 1 is 1.07 bits per heavy atom. The normalized spacial score (nSPS) is 10.0. The second-order valence-corrected chi connectivity index (χ2v) is 4.45. The lowest BCUT2D eigenvalue weighted by Crippen LogP contribution is -2.07. The van der Waals surface area contributed by atoms with Crippen molar-refractivity contribution < 1.29 is 23.5 Å². The van der Waals surface area contributed by atoms with Crippen molar-refractivity contribution in [3.8, 4) is 0 Å². The van der Waals surface area contributed by atoms with Gasteiger partial charge in [0, 0.05) is 6.26 Å². The van der Waals surface area contributed by atoms with Crippen LogP contribution in [-0.4, -0.2) is 37.1 Å². The average molecular weight is 218 g/mol. The van der Waals surface area contributed by atoms with Crippen LogP contribution in [0.3, 0.4) is 0 Å². The first-order valence-electron chi connectivity index (χ1n) is 3.63. The van der Waals surface area contributed by atoms with Gasteiger partial charge in [-0.2, -0.15) is 0 Å². The number of hydrogen-bond acceptors (Lipinski definition) is 5. The maximum absolute atomic E-state index is 10.8. The molecule has 0 aliphatic heterocycles. The van der Waals surface area contributed by atoms with Gasteiger partial charge in [0.2, 0.25) is 0 Å². The molecule has 0 fully saturated rings. The van der Waals surface area contributed by atoms with Crippen LogP contribution >= 0.6 is 0 Å². The van der Waals surface area contributed by atoms with E-state index in [-0.39, 0.29) is 0 Å². The molecule has 0 saturated heterocycles. The fourth-order valence-corrected chi connectivity index (χ4v) is 1.32. The molecule has 14 heavy (non-hydrogen) atoms. The summed E-state index contributed by atoms with van der Waals surface area (Å²) in [6.07, 6.45) is 1.20. The summed E-state index contributed by atoms with van der Waals surface area (Å²) in [5.74, 6) is 0. The summed E-state index contributed by atoms with van der Waals surface area (Å²) in [6, 6.07) is 8.35. The lowest BCUT2D eigenvalue weighted by molar-refractivity contribution is 0.278. The van der Waals surface area contributed by atoms with Crippen molar-refractivity contribution in [3.05, 3.63) is 30.3 Å². The maximum Gasteiger partial charge on any atom is 0.631 e. The molecule has 0 saturated carbocycles. The van der Waals surface area contributed by atoms with Crippen molar-refractivity contribution in [3.63, 3.8) is 0 Å². The van der Waals surface area contributed by atoms with E-state index < -0.39 is 17.2 Å². The lowest BCUT2D eigenvalue weighted by Gasteiger charge is -1.93. The van der Waals surface area contributed by atoms with Gasteiger partial charge in [0.15, 0.2) is 9.84 Å². The van der Waals surface area contributed by atoms with Crippen molar-refractivity contribution in [2.75, 3.05) is 6.26 Å². The Labute approximate surface area is 82.7 Å². The fraction of sp³-hybridized carbons (Fsp3) is 0.143. The standard InChI is InChI=1S/C7H8O2S.BH3O3/c1-10(8,9)7-5-3-2-4-6-7;2-1(3)4/h2-6H,1H3;2-4H. The van der Waals surface area contributed by atoms with E-state index in [4.69, 9.17) is 15.1 Å². The highest BCUT2D eigenvalue weighted by molar-refractivity contribution is 7.90. The SMILES string of the molecule is CS(=O)(=O)c1ccccc1.OB(O)O. The second kappa shape index (κ2) is 5.76. The van der Waals surface area contributed by atoms with Crippen molar-refractivity contribution in [1.82, 2.24) is 0 Å². The summed E-state index contributed by atoms with van der Waals surface area (Å²) in [6.45, 7) is 0. The van der Waals surface area contributed by atoms with Crippen molar-refractivity contribution in [2.24, 2.45) is 0 Å². The van der Waals surface area contributed by atoms with Crippen LogP contribution in [-0.2, 0) is 9.84 Å². The van der Waals surface area contributed by atoms with E-state index in [2.05, 4.69) is 0 Å². The highest BCUT2D eigenvalue weighted by Gasteiger charge is 2.02. The molecule has 0 heterocycles. The third kappa shape index (κ3) is 6.61. The Bertz CT molecular complexity index is 345. The Morgan fingerprint density at radius 2 is 1.43 bits per heavy atom. The Balaban J connectivity index is 0.000000364. The summed E-state index contributed by atoms with van der Waals surface area (Å²) in [5, 5.41) is 21.5. The van der Waals surface area contributed by atoms with Crippen LogP contribution in [0.5, 0.6) is 0 Å². The van der Waals surface area contributed by atoms with Gasteiger partial charge in [-0.25, -0.2) is 8.42 Å². The van der Waals surface area contributed by atoms with Crippen LogP contribution in [0.2, 0.25) is 0 Å². The molecule has 1 aromatic rings. The predicted molar refractivity (Wildman–Crippen MR) is 52.0 cm³/mol. The molecule has 0 bridgehead atoms. The molecule has 5 nitrogen and oxygen atoms in total. The van der Waals surface area contributed by atoms with E-state index in [9.17, 15) is 8.42 Å². The molecule has 0 amide bonds. The van der Waals surface area contributed by atoms with Gasteiger partial charge >= 0.3 is 7.32 Å². The molecule has 7 heteroatoms. The zero-order valence-electron chi connectivity index (χ0n) is 7.53. The van der Waals surface area contributed by atoms with Crippen LogP contribution in [0, 0.1) is 0 Å². The summed E-state index contributed by atoms with van der Waals surface area (Å²) >= 11 is 0. The van der Waals surface area contributed by atoms with Gasteiger partial charge in [-0.3, -0.25) is 0 Å². The quantitative estimate of drug-likeness (QED) is 0.527. The first-order valence-corrected chi connectivity index (χ1v) is 5.52. The number of sulfone groups is 1. The molecular formula is C7H11BO5S. The first-order chi connectivity index (χ1) is 6.34. The zero-order valence-corrected chi connectivity index (χ0v) is 8.35. The highest BCUT2D eigenvalue weighted by atomic mass is 32.2. The molecule has 0 spiro atoms. The van der Waals surface area contributed by atoms with E-state index in [0.29, 0.717) is 4.90 Å². The molecule has 3 N–H and O–H groups in total. The summed E-state index contributed by atoms with van der Waals surface area (Å²) in [4.78, 5) is 0.370. The van der Waals surface area contributed by atoms with Gasteiger partial charge in [-0.1, -0.05) is 18.2 Å². The van der Waals surface area contributed by atoms with Gasteiger partial charge in [0.05, 0.1) is 4.90 Å². The summed E-state index contributed by atoms with van der Waals surface area (Å²) in [5.41, 5.74) is 0. The van der Waals surface area contributed by atoms with Crippen LogP contribution in [0.15, 0.2) is 35.2 Å². The molecule has 0 aliphatic carbocycles. The monoisotopic (exact) mass is 218 g/mol. The minimum atomic E-state index is -3.00. The topological polar surface area (TPSA) is 94.8 Å². The smallest absolute Gasteiger partial charge is 0.402 e. The van der Waals surface area contributed by atoms with E-state index >= 15 is 0 Å². The van der Waals surface area contributed by atoms with Gasteiger partial charge < -0.3 is 15.1 Å². The fourth-order valence-electron chi connectivity index (χ4n) is 0.668. The maximum atomic E-state index is 10.8. The summed E-state index contributed by atoms with van der Waals surface area (Å²) < 4.78 is 21.7. The van der Waals surface area contributed by atoms with Gasteiger partial charge in [-0.05, 0) is 12.1 Å². The summed E-state index contributed by atoms with van der Waals surface area (Å²) in [7, 11) is -5.17. The van der Waals surface area contributed by atoms with Crippen molar-refractivity contribution >= 4 is 17.2 Å². The molecular weight excluding hydrogens is 207 g/mol. The number of rotatable bonds is 1. The van der Waals surface area contributed by atoms with Crippen LogP contribution in [0.4, 0.5) is 0 Å². The average Bonchev–Trinajstić information content (AvgIpc) is 2.03. The predicted octanol–water partition coefficient (Wildman–Crippen LogP) is -0.962. The minimum absolute atomic E-state index is 0.370. The van der Waals surface area contributed by atoms with Gasteiger partial charge in [-0.15, -0.1) is 0 Å². The highest BCUT2D eigenvalue weighted by Crippen LogP contribution is 2.05. The largest absolute Gasteiger partial charge is 0.631 e. The Hall–Kier alpha value is -0.885. The third-order valence-electron chi connectivity index (χ3n) is 1.17. The molecule has 1 aromatic carbocycles. The second-order valence-electron chi connectivity index (χ2n) is 2.43. The molecule has 0 aromatic heterocycles. The van der Waals surface area contributed by atoms with E-state index in [1.54, 1.807) is 30.3 Å². The van der Waals surface area contributed by atoms with Crippen molar-refractivity contribution in [2.45, 2.75) is 4.90 Å². The van der Waals surface area contributed by atoms with Crippen molar-refractivity contribution in [1.29, 1.82) is 0 Å². The molecule has 78 valence electrons. The first kappa shape index (κ1) is 13.1. The Kier molecular flexibility index (Phi) is 5.40. The van der Waals surface area contributed by atoms with E-state index in [1.807, 2.05) is 0 Å². The van der Waals surface area contributed by atoms with Gasteiger partial charge in [0.25, 0.3) is 0 Å². The molecule has 0 radical (unpaired) electrons. The van der Waals surface area contributed by atoms with E-state index in [1.165, 1.54) is 6.26 Å². The Morgan fingerprint density at radius 3 is 1.64 bits per heavy atom. The van der Waals surface area contributed by atoms with Gasteiger partial charge in [0.1, 0.15) is 0 Å². The lowest BCUT2D eigenvalue weighted by atomic mass is 10.3. The van der Waals surface area contributed by atoms with E-state index in [0.717, 1.165) is 0 Å². The molecule has 0 aliphatic rings. The zero-order chi connectivity index (χ0) is 11.2. The number of benzene rings is 1. The molecule has 0 unspecified atom stereocenters. The number of hydrogen-bond donors (Lipinski definition) is 3. The third-order valence-corrected chi connectivity index (χ3v) is 2.30. The van der Waals surface area contributed by atoms with Crippen LogP contribution in [0.25, 0.3) is 0 Å². The minimum Gasteiger partial charge on any atom is -0.402 e. The molecule has 0 atom stereocenters. The molecule has 1 rings (SSSR count). The van der Waals surface area contributed by atoms with Crippen LogP contribution < -0.4 is 0 Å². The van der Waals surface area contributed by atoms with Crippen LogP contribution in [0.1, 0.15) is 0 Å².